The topological polar surface area (TPSA) is 34.2 Å². The molecule has 0 saturated heterocycles. The van der Waals surface area contributed by atoms with Crippen LogP contribution in [0.1, 0.15) is 23.6 Å². The lowest BCUT2D eigenvalue weighted by atomic mass is 10.1. The summed E-state index contributed by atoms with van der Waals surface area (Å²) in [5.41, 5.74) is 3.16. The zero-order valence-corrected chi connectivity index (χ0v) is 12.8. The SMILES string of the molecule is CCNCc1ccnc(Oc2cc(C)c(Cl)c(C)c2)c1. The molecule has 4 heteroatoms. The summed E-state index contributed by atoms with van der Waals surface area (Å²) in [5, 5.41) is 4.06. The summed E-state index contributed by atoms with van der Waals surface area (Å²) in [5.74, 6) is 1.36. The van der Waals surface area contributed by atoms with Gasteiger partial charge in [0.15, 0.2) is 0 Å². The summed E-state index contributed by atoms with van der Waals surface area (Å²) in [7, 11) is 0. The number of aryl methyl sites for hydroxylation is 2. The molecule has 0 aliphatic heterocycles. The second-order valence-electron chi connectivity index (χ2n) is 4.76. The van der Waals surface area contributed by atoms with Crippen molar-refractivity contribution >= 4 is 11.6 Å². The molecular weight excluding hydrogens is 272 g/mol. The molecule has 0 radical (unpaired) electrons. The number of hydrogen-bond donors (Lipinski definition) is 1. The molecule has 3 nitrogen and oxygen atoms in total. The van der Waals surface area contributed by atoms with Crippen LogP contribution in [0.25, 0.3) is 0 Å². The second-order valence-corrected chi connectivity index (χ2v) is 5.13. The minimum Gasteiger partial charge on any atom is -0.439 e. The number of ether oxygens (including phenoxy) is 1. The molecular formula is C16H19ClN2O. The highest BCUT2D eigenvalue weighted by Crippen LogP contribution is 2.28. The van der Waals surface area contributed by atoms with Gasteiger partial charge in [-0.25, -0.2) is 4.98 Å². The van der Waals surface area contributed by atoms with Crippen molar-refractivity contribution in [1.82, 2.24) is 10.3 Å². The summed E-state index contributed by atoms with van der Waals surface area (Å²) >= 11 is 6.16. The lowest BCUT2D eigenvalue weighted by Gasteiger charge is -2.10. The Kier molecular flexibility index (Phi) is 4.99. The van der Waals surface area contributed by atoms with Crippen molar-refractivity contribution in [2.45, 2.75) is 27.3 Å². The monoisotopic (exact) mass is 290 g/mol. The average Bonchev–Trinajstić information content (AvgIpc) is 2.43. The molecule has 106 valence electrons. The molecule has 0 fully saturated rings. The maximum Gasteiger partial charge on any atom is 0.219 e. The zero-order valence-electron chi connectivity index (χ0n) is 12.0. The zero-order chi connectivity index (χ0) is 14.5. The summed E-state index contributed by atoms with van der Waals surface area (Å²) in [6.07, 6.45) is 1.76. The molecule has 0 amide bonds. The van der Waals surface area contributed by atoms with Gasteiger partial charge < -0.3 is 10.1 Å². The quantitative estimate of drug-likeness (QED) is 0.894. The van der Waals surface area contributed by atoms with Crippen LogP contribution in [-0.4, -0.2) is 11.5 Å². The van der Waals surface area contributed by atoms with Gasteiger partial charge in [0.1, 0.15) is 5.75 Å². The third-order valence-electron chi connectivity index (χ3n) is 3.01. The number of aromatic nitrogens is 1. The van der Waals surface area contributed by atoms with Crippen LogP contribution in [0.15, 0.2) is 30.5 Å². The molecule has 1 heterocycles. The van der Waals surface area contributed by atoms with Gasteiger partial charge in [0.25, 0.3) is 0 Å². The van der Waals surface area contributed by atoms with Crippen molar-refractivity contribution in [3.05, 3.63) is 52.2 Å². The Morgan fingerprint density at radius 1 is 1.20 bits per heavy atom. The summed E-state index contributed by atoms with van der Waals surface area (Å²) in [4.78, 5) is 4.24. The largest absolute Gasteiger partial charge is 0.439 e. The van der Waals surface area contributed by atoms with E-state index in [4.69, 9.17) is 16.3 Å². The standard InChI is InChI=1S/C16H19ClN2O/c1-4-18-10-13-5-6-19-15(9-13)20-14-7-11(2)16(17)12(3)8-14/h5-9,18H,4,10H2,1-3H3. The molecule has 0 unspecified atom stereocenters. The Bertz CT molecular complexity index is 576. The molecule has 0 aliphatic rings. The van der Waals surface area contributed by atoms with E-state index in [9.17, 15) is 0 Å². The third kappa shape index (κ3) is 3.71. The molecule has 1 aromatic heterocycles. The first-order chi connectivity index (χ1) is 9.60. The Labute approximate surface area is 124 Å². The minimum absolute atomic E-state index is 0.599. The highest BCUT2D eigenvalue weighted by atomic mass is 35.5. The van der Waals surface area contributed by atoms with Crippen LogP contribution < -0.4 is 10.1 Å². The Morgan fingerprint density at radius 3 is 2.55 bits per heavy atom. The van der Waals surface area contributed by atoms with Gasteiger partial charge in [-0.05, 0) is 55.3 Å². The van der Waals surface area contributed by atoms with Gasteiger partial charge >= 0.3 is 0 Å². The number of nitrogens with one attached hydrogen (secondary N) is 1. The van der Waals surface area contributed by atoms with E-state index in [1.807, 2.05) is 38.1 Å². The van der Waals surface area contributed by atoms with E-state index in [-0.39, 0.29) is 0 Å². The van der Waals surface area contributed by atoms with Gasteiger partial charge in [-0.2, -0.15) is 0 Å². The van der Waals surface area contributed by atoms with Gasteiger partial charge in [0, 0.05) is 23.8 Å². The normalized spacial score (nSPS) is 10.6. The molecule has 0 atom stereocenters. The van der Waals surface area contributed by atoms with E-state index in [1.54, 1.807) is 6.20 Å². The number of rotatable bonds is 5. The van der Waals surface area contributed by atoms with Crippen molar-refractivity contribution in [2.24, 2.45) is 0 Å². The number of halogens is 1. The maximum atomic E-state index is 6.16. The van der Waals surface area contributed by atoms with Crippen molar-refractivity contribution in [3.63, 3.8) is 0 Å². The second kappa shape index (κ2) is 6.73. The highest BCUT2D eigenvalue weighted by molar-refractivity contribution is 6.32. The molecule has 2 rings (SSSR count). The van der Waals surface area contributed by atoms with Crippen molar-refractivity contribution in [3.8, 4) is 11.6 Å². The first-order valence-electron chi connectivity index (χ1n) is 6.70. The highest BCUT2D eigenvalue weighted by Gasteiger charge is 2.06. The lowest BCUT2D eigenvalue weighted by molar-refractivity contribution is 0.461. The van der Waals surface area contributed by atoms with Crippen molar-refractivity contribution < 1.29 is 4.74 Å². The van der Waals surface area contributed by atoms with E-state index in [1.165, 1.54) is 0 Å². The molecule has 0 saturated carbocycles. The van der Waals surface area contributed by atoms with Crippen LogP contribution in [0.5, 0.6) is 11.6 Å². The average molecular weight is 291 g/mol. The molecule has 0 aliphatic carbocycles. The van der Waals surface area contributed by atoms with E-state index in [0.29, 0.717) is 5.88 Å². The van der Waals surface area contributed by atoms with Gasteiger partial charge in [-0.3, -0.25) is 0 Å². The summed E-state index contributed by atoms with van der Waals surface area (Å²) in [6, 6.07) is 7.78. The Balaban J connectivity index is 2.17. The molecule has 20 heavy (non-hydrogen) atoms. The Morgan fingerprint density at radius 2 is 1.90 bits per heavy atom. The number of hydrogen-bond acceptors (Lipinski definition) is 3. The number of benzene rings is 1. The molecule has 1 N–H and O–H groups in total. The van der Waals surface area contributed by atoms with Gasteiger partial charge in [-0.15, -0.1) is 0 Å². The number of pyridine rings is 1. The van der Waals surface area contributed by atoms with Gasteiger partial charge in [-0.1, -0.05) is 18.5 Å². The fourth-order valence-electron chi connectivity index (χ4n) is 1.97. The molecule has 1 aromatic carbocycles. The summed E-state index contributed by atoms with van der Waals surface area (Å²) in [6.45, 7) is 7.77. The van der Waals surface area contributed by atoms with Gasteiger partial charge in [0.05, 0.1) is 0 Å². The molecule has 0 bridgehead atoms. The van der Waals surface area contributed by atoms with Crippen LogP contribution in [0.2, 0.25) is 5.02 Å². The lowest BCUT2D eigenvalue weighted by Crippen LogP contribution is -2.11. The van der Waals surface area contributed by atoms with Crippen LogP contribution >= 0.6 is 11.6 Å². The van der Waals surface area contributed by atoms with Crippen LogP contribution in [0.4, 0.5) is 0 Å². The fraction of sp³-hybridized carbons (Fsp3) is 0.312. The van der Waals surface area contributed by atoms with E-state index >= 15 is 0 Å². The van der Waals surface area contributed by atoms with Crippen LogP contribution in [-0.2, 0) is 6.54 Å². The van der Waals surface area contributed by atoms with E-state index in [2.05, 4.69) is 17.2 Å². The third-order valence-corrected chi connectivity index (χ3v) is 3.61. The Hall–Kier alpha value is -1.58. The first kappa shape index (κ1) is 14.8. The maximum absolute atomic E-state index is 6.16. The fourth-order valence-corrected chi connectivity index (χ4v) is 2.08. The first-order valence-corrected chi connectivity index (χ1v) is 7.08. The van der Waals surface area contributed by atoms with Crippen molar-refractivity contribution in [2.75, 3.05) is 6.54 Å². The van der Waals surface area contributed by atoms with Crippen molar-refractivity contribution in [1.29, 1.82) is 0 Å². The van der Waals surface area contributed by atoms with E-state index < -0.39 is 0 Å². The van der Waals surface area contributed by atoms with Crippen LogP contribution in [0, 0.1) is 13.8 Å². The molecule has 2 aromatic rings. The van der Waals surface area contributed by atoms with Crippen LogP contribution in [0.3, 0.4) is 0 Å². The predicted molar refractivity (Wildman–Crippen MR) is 82.6 cm³/mol. The summed E-state index contributed by atoms with van der Waals surface area (Å²) < 4.78 is 5.82. The minimum atomic E-state index is 0.599. The van der Waals surface area contributed by atoms with Gasteiger partial charge in [0.2, 0.25) is 5.88 Å². The predicted octanol–water partition coefficient (Wildman–Crippen LogP) is 4.25. The molecule has 0 spiro atoms. The smallest absolute Gasteiger partial charge is 0.219 e. The van der Waals surface area contributed by atoms with E-state index in [0.717, 1.165) is 40.6 Å². The number of nitrogens with zero attached hydrogens (tertiary/aromatic N) is 1.